The third kappa shape index (κ3) is 9.57. The van der Waals surface area contributed by atoms with Crippen LogP contribution >= 0.6 is 25.2 Å². The Kier molecular flexibility index (Phi) is 18.5. The van der Waals surface area contributed by atoms with E-state index in [-0.39, 0.29) is 25.7 Å². The minimum atomic E-state index is -0.675. The lowest BCUT2D eigenvalue weighted by Gasteiger charge is -2.30. The van der Waals surface area contributed by atoms with Crippen LogP contribution in [0, 0.1) is 0 Å². The van der Waals surface area contributed by atoms with Crippen LogP contribution in [0.4, 0.5) is 0 Å². The molecule has 1 unspecified atom stereocenters. The molecule has 0 bridgehead atoms. The topological polar surface area (TPSA) is 70.7 Å². The van der Waals surface area contributed by atoms with Crippen molar-refractivity contribution in [1.82, 2.24) is 9.62 Å². The van der Waals surface area contributed by atoms with Gasteiger partial charge < -0.3 is 10.6 Å². The predicted molar refractivity (Wildman–Crippen MR) is 145 cm³/mol. The zero-order chi connectivity index (χ0) is 22.4. The Hall–Kier alpha value is -2.12. The number of nitrogens with one attached hydrogen (secondary N) is 1. The summed E-state index contributed by atoms with van der Waals surface area (Å²) in [5, 5.41) is 0. The van der Waals surface area contributed by atoms with Gasteiger partial charge >= 0.3 is 0 Å². The minimum absolute atomic E-state index is 0. The van der Waals surface area contributed by atoms with E-state index in [2.05, 4.69) is 48.3 Å². The van der Waals surface area contributed by atoms with Crippen LogP contribution in [0.2, 0.25) is 0 Å². The van der Waals surface area contributed by atoms with E-state index in [0.717, 1.165) is 29.9 Å². The number of benzene rings is 1. The molecule has 0 saturated carbocycles. The highest BCUT2D eigenvalue weighted by Gasteiger charge is 2.31. The van der Waals surface area contributed by atoms with Crippen LogP contribution in [0.5, 0.6) is 0 Å². The Morgan fingerprint density at radius 1 is 1.28 bits per heavy atom. The molecule has 5 nitrogen and oxygen atoms in total. The standard InChI is InChI=1S/C14H15N3OS.C8H15N.C2H4.CH4.ClH/c1-3-7-11-12(10-8-5-4-6-9-10)15-13(16-19)14(18)17(11)2;9-7-6-8-4-2-1-3-5-8;1-2;;/h3-9,13,16,19H,1H2,2H3;4H,1-3,5-7,9H2;1-2H2;1H4;1H/b11-7-;;;;. The molecule has 32 heavy (non-hydrogen) atoms. The van der Waals surface area contributed by atoms with E-state index >= 15 is 0 Å². The lowest BCUT2D eigenvalue weighted by atomic mass is 9.97. The molecular formula is C25H39ClN4OS. The van der Waals surface area contributed by atoms with E-state index in [1.165, 1.54) is 25.7 Å². The summed E-state index contributed by atoms with van der Waals surface area (Å²) in [4.78, 5) is 18.0. The van der Waals surface area contributed by atoms with Gasteiger partial charge in [0.15, 0.2) is 6.17 Å². The summed E-state index contributed by atoms with van der Waals surface area (Å²) in [6.45, 7) is 10.5. The second-order valence-corrected chi connectivity index (χ2v) is 6.97. The molecule has 0 aromatic heterocycles. The number of carbonyl (C=O) groups is 1. The monoisotopic (exact) mass is 478 g/mol. The number of hydrogen-bond acceptors (Lipinski definition) is 5. The highest BCUT2D eigenvalue weighted by Crippen LogP contribution is 2.20. The van der Waals surface area contributed by atoms with Crippen LogP contribution in [0.1, 0.15) is 45.1 Å². The van der Waals surface area contributed by atoms with Gasteiger partial charge in [0.05, 0.1) is 11.4 Å². The Morgan fingerprint density at radius 3 is 2.44 bits per heavy atom. The molecule has 178 valence electrons. The van der Waals surface area contributed by atoms with Gasteiger partial charge in [-0.2, -0.15) is 0 Å². The first-order valence-electron chi connectivity index (χ1n) is 10.1. The SMILES string of the molecule is C.C=C.C=C/C=C1/C(c2ccccc2)=NC(NS)C(=O)N1C.Cl.NCCC1=CCCCC1. The molecule has 0 radical (unpaired) electrons. The summed E-state index contributed by atoms with van der Waals surface area (Å²) in [7, 11) is 1.72. The maximum Gasteiger partial charge on any atom is 0.267 e. The van der Waals surface area contributed by atoms with Crippen molar-refractivity contribution in [3.8, 4) is 0 Å². The zero-order valence-electron chi connectivity index (χ0n) is 18.3. The number of halogens is 1. The summed E-state index contributed by atoms with van der Waals surface area (Å²) < 4.78 is 2.61. The number of carbonyl (C=O) groups excluding carboxylic acids is 1. The second-order valence-electron chi connectivity index (χ2n) is 6.71. The number of likely N-dealkylation sites (N-methyl/N-ethyl adjacent to an activating group) is 1. The first kappa shape index (κ1) is 32.1. The number of aliphatic imine (C=N–C) groups is 1. The lowest BCUT2D eigenvalue weighted by Crippen LogP contribution is -2.46. The van der Waals surface area contributed by atoms with Crippen LogP contribution in [-0.2, 0) is 4.79 Å². The van der Waals surface area contributed by atoms with Gasteiger partial charge in [-0.05, 0) is 44.7 Å². The summed E-state index contributed by atoms with van der Waals surface area (Å²) in [5.41, 5.74) is 9.43. The summed E-state index contributed by atoms with van der Waals surface area (Å²) >= 11 is 3.95. The molecule has 1 aromatic rings. The summed E-state index contributed by atoms with van der Waals surface area (Å²) in [6.07, 6.45) is 11.6. The molecule has 1 atom stereocenters. The Bertz CT molecular complexity index is 777. The van der Waals surface area contributed by atoms with Crippen molar-refractivity contribution in [3.63, 3.8) is 0 Å². The molecule has 1 heterocycles. The number of hydrogen-bond donors (Lipinski definition) is 3. The van der Waals surface area contributed by atoms with Gasteiger partial charge in [0.25, 0.3) is 5.91 Å². The molecule has 3 rings (SSSR count). The molecule has 3 N–H and O–H groups in total. The molecule has 7 heteroatoms. The van der Waals surface area contributed by atoms with Crippen molar-refractivity contribution in [2.75, 3.05) is 13.6 Å². The fraction of sp³-hybridized carbons (Fsp3) is 0.360. The maximum atomic E-state index is 12.1. The van der Waals surface area contributed by atoms with Gasteiger partial charge in [0.1, 0.15) is 0 Å². The van der Waals surface area contributed by atoms with Crippen molar-refractivity contribution >= 4 is 36.8 Å². The molecule has 1 aromatic carbocycles. The number of allylic oxidation sites excluding steroid dienone is 4. The molecule has 0 spiro atoms. The minimum Gasteiger partial charge on any atom is -0.330 e. The van der Waals surface area contributed by atoms with Crippen LogP contribution < -0.4 is 10.5 Å². The Morgan fingerprint density at radius 2 is 1.94 bits per heavy atom. The number of thiol groups is 1. The smallest absolute Gasteiger partial charge is 0.267 e. The fourth-order valence-corrected chi connectivity index (χ4v) is 3.40. The predicted octanol–water partition coefficient (Wildman–Crippen LogP) is 5.47. The second kappa shape index (κ2) is 18.5. The first-order chi connectivity index (χ1) is 14.6. The fourth-order valence-electron chi connectivity index (χ4n) is 3.23. The molecule has 1 aliphatic carbocycles. The van der Waals surface area contributed by atoms with E-state index in [1.807, 2.05) is 30.3 Å². The number of rotatable bonds is 5. The van der Waals surface area contributed by atoms with E-state index in [1.54, 1.807) is 29.7 Å². The number of nitrogens with two attached hydrogens (primary N) is 1. The van der Waals surface area contributed by atoms with Gasteiger partial charge in [0.2, 0.25) is 0 Å². The average molecular weight is 479 g/mol. The van der Waals surface area contributed by atoms with Crippen LogP contribution in [0.25, 0.3) is 0 Å². The van der Waals surface area contributed by atoms with Gasteiger partial charge in [-0.3, -0.25) is 9.79 Å². The maximum absolute atomic E-state index is 12.1. The average Bonchev–Trinajstić information content (AvgIpc) is 2.80. The van der Waals surface area contributed by atoms with Crippen molar-refractivity contribution in [1.29, 1.82) is 0 Å². The quantitative estimate of drug-likeness (QED) is 0.388. The third-order valence-corrected chi connectivity index (χ3v) is 4.97. The van der Waals surface area contributed by atoms with E-state index in [0.29, 0.717) is 0 Å². The molecule has 0 saturated heterocycles. The van der Waals surface area contributed by atoms with Gasteiger partial charge in [0, 0.05) is 12.6 Å². The summed E-state index contributed by atoms with van der Waals surface area (Å²) in [6, 6.07) is 9.71. The van der Waals surface area contributed by atoms with E-state index < -0.39 is 6.17 Å². The Labute approximate surface area is 206 Å². The van der Waals surface area contributed by atoms with Crippen LogP contribution in [0.15, 0.2) is 84.6 Å². The Balaban J connectivity index is 0. The molecule has 0 fully saturated rings. The largest absolute Gasteiger partial charge is 0.330 e. The number of nitrogens with zero attached hydrogens (tertiary/aromatic N) is 2. The number of amides is 1. The lowest BCUT2D eigenvalue weighted by molar-refractivity contribution is -0.129. The van der Waals surface area contributed by atoms with Crippen molar-refractivity contribution in [2.45, 2.75) is 45.7 Å². The first-order valence-corrected chi connectivity index (χ1v) is 10.6. The highest BCUT2D eigenvalue weighted by atomic mass is 35.5. The van der Waals surface area contributed by atoms with Gasteiger partial charge in [-0.15, -0.1) is 25.6 Å². The van der Waals surface area contributed by atoms with Crippen LogP contribution in [0.3, 0.4) is 0 Å². The normalized spacial score (nSPS) is 18.3. The van der Waals surface area contributed by atoms with E-state index in [4.69, 9.17) is 5.73 Å². The van der Waals surface area contributed by atoms with Gasteiger partial charge in [-0.1, -0.05) is 74.9 Å². The highest BCUT2D eigenvalue weighted by molar-refractivity contribution is 7.78. The van der Waals surface area contributed by atoms with Crippen molar-refractivity contribution < 1.29 is 4.79 Å². The zero-order valence-corrected chi connectivity index (χ0v) is 20.0. The van der Waals surface area contributed by atoms with E-state index in [9.17, 15) is 4.79 Å². The molecule has 1 amide bonds. The molecular weight excluding hydrogens is 440 g/mol. The molecule has 2 aliphatic rings. The summed E-state index contributed by atoms with van der Waals surface area (Å²) in [5.74, 6) is -0.150. The molecule has 1 aliphatic heterocycles. The van der Waals surface area contributed by atoms with Crippen LogP contribution in [-0.4, -0.2) is 36.3 Å². The van der Waals surface area contributed by atoms with Crippen molar-refractivity contribution in [3.05, 3.63) is 85.1 Å². The third-order valence-electron chi connectivity index (χ3n) is 4.72. The van der Waals surface area contributed by atoms with Crippen molar-refractivity contribution in [2.24, 2.45) is 10.7 Å². The van der Waals surface area contributed by atoms with Gasteiger partial charge in [-0.25, -0.2) is 4.72 Å².